The maximum absolute atomic E-state index is 12.0. The van der Waals surface area contributed by atoms with Gasteiger partial charge in [0.25, 0.3) is 0 Å². The Bertz CT molecular complexity index is 511. The molecule has 0 spiro atoms. The molecular formula is C12H20BrClN2O3S. The lowest BCUT2D eigenvalue weighted by molar-refractivity contribution is 0.411. The molecule has 1 aromatic carbocycles. The van der Waals surface area contributed by atoms with E-state index in [1.54, 1.807) is 6.07 Å². The highest BCUT2D eigenvalue weighted by atomic mass is 79.9. The first-order chi connectivity index (χ1) is 9.01. The van der Waals surface area contributed by atoms with Gasteiger partial charge in [-0.15, -0.1) is 12.4 Å². The summed E-state index contributed by atoms with van der Waals surface area (Å²) in [6.45, 7) is 3.93. The fourth-order valence-corrected chi connectivity index (χ4v) is 3.22. The number of sulfonamides is 1. The SMILES string of the molecule is CCCNCCNS(=O)(=O)c1ccc(OC)c(Br)c1.Cl. The van der Waals surface area contributed by atoms with E-state index in [9.17, 15) is 8.42 Å². The summed E-state index contributed by atoms with van der Waals surface area (Å²) < 4.78 is 32.3. The number of methoxy groups -OCH3 is 1. The number of rotatable bonds is 8. The molecule has 0 radical (unpaired) electrons. The summed E-state index contributed by atoms with van der Waals surface area (Å²) in [5, 5.41) is 3.13. The van der Waals surface area contributed by atoms with Crippen LogP contribution in [-0.2, 0) is 10.0 Å². The van der Waals surface area contributed by atoms with E-state index in [4.69, 9.17) is 4.74 Å². The standard InChI is InChI=1S/C12H19BrN2O3S.ClH/c1-3-6-14-7-8-15-19(16,17)10-4-5-12(18-2)11(13)9-10;/h4-5,9,14-15H,3,6-8H2,1-2H3;1H. The maximum atomic E-state index is 12.0. The van der Waals surface area contributed by atoms with Crippen LogP contribution in [0, 0.1) is 0 Å². The lowest BCUT2D eigenvalue weighted by atomic mass is 10.3. The molecule has 0 saturated carbocycles. The molecule has 0 unspecified atom stereocenters. The van der Waals surface area contributed by atoms with Gasteiger partial charge in [0.05, 0.1) is 16.5 Å². The molecule has 0 aliphatic carbocycles. The molecule has 20 heavy (non-hydrogen) atoms. The van der Waals surface area contributed by atoms with Crippen molar-refractivity contribution in [2.24, 2.45) is 0 Å². The summed E-state index contributed by atoms with van der Waals surface area (Å²) in [6, 6.07) is 4.67. The van der Waals surface area contributed by atoms with Crippen LogP contribution in [-0.4, -0.2) is 35.2 Å². The summed E-state index contributed by atoms with van der Waals surface area (Å²) in [5.74, 6) is 0.601. The highest BCUT2D eigenvalue weighted by Crippen LogP contribution is 2.27. The molecule has 0 aliphatic heterocycles. The van der Waals surface area contributed by atoms with Crippen molar-refractivity contribution in [3.05, 3.63) is 22.7 Å². The fourth-order valence-electron chi connectivity index (χ4n) is 1.47. The van der Waals surface area contributed by atoms with Crippen LogP contribution in [0.25, 0.3) is 0 Å². The van der Waals surface area contributed by atoms with Gasteiger partial charge < -0.3 is 10.1 Å². The second-order valence-corrected chi connectivity index (χ2v) is 6.57. The molecule has 0 atom stereocenters. The Morgan fingerprint density at radius 3 is 2.50 bits per heavy atom. The van der Waals surface area contributed by atoms with Crippen LogP contribution in [0.15, 0.2) is 27.6 Å². The van der Waals surface area contributed by atoms with Gasteiger partial charge in [-0.3, -0.25) is 0 Å². The third-order valence-corrected chi connectivity index (χ3v) is 4.53. The molecule has 2 N–H and O–H groups in total. The molecule has 8 heteroatoms. The van der Waals surface area contributed by atoms with Crippen molar-refractivity contribution in [1.29, 1.82) is 0 Å². The lowest BCUT2D eigenvalue weighted by Crippen LogP contribution is -2.32. The first kappa shape index (κ1) is 19.7. The zero-order valence-corrected chi connectivity index (χ0v) is 14.7. The molecule has 1 rings (SSSR count). The Morgan fingerprint density at radius 2 is 1.95 bits per heavy atom. The van der Waals surface area contributed by atoms with Crippen LogP contribution in [0.1, 0.15) is 13.3 Å². The van der Waals surface area contributed by atoms with Crippen LogP contribution < -0.4 is 14.8 Å². The second kappa shape index (κ2) is 9.57. The zero-order chi connectivity index (χ0) is 14.3. The highest BCUT2D eigenvalue weighted by molar-refractivity contribution is 9.10. The normalized spacial score (nSPS) is 10.9. The van der Waals surface area contributed by atoms with Gasteiger partial charge in [-0.1, -0.05) is 6.92 Å². The second-order valence-electron chi connectivity index (χ2n) is 3.94. The van der Waals surface area contributed by atoms with Gasteiger partial charge in [0, 0.05) is 13.1 Å². The summed E-state index contributed by atoms with van der Waals surface area (Å²) in [4.78, 5) is 0.218. The highest BCUT2D eigenvalue weighted by Gasteiger charge is 2.14. The lowest BCUT2D eigenvalue weighted by Gasteiger charge is -2.09. The predicted molar refractivity (Wildman–Crippen MR) is 86.3 cm³/mol. The van der Waals surface area contributed by atoms with Crippen molar-refractivity contribution in [2.75, 3.05) is 26.7 Å². The molecule has 116 valence electrons. The Morgan fingerprint density at radius 1 is 1.25 bits per heavy atom. The number of hydrogen-bond donors (Lipinski definition) is 2. The Labute approximate surface area is 135 Å². The quantitative estimate of drug-likeness (QED) is 0.671. The van der Waals surface area contributed by atoms with Crippen molar-refractivity contribution < 1.29 is 13.2 Å². The summed E-state index contributed by atoms with van der Waals surface area (Å²) >= 11 is 3.27. The van der Waals surface area contributed by atoms with Crippen LogP contribution in [0.2, 0.25) is 0 Å². The Balaban J connectivity index is 0.00000361. The van der Waals surface area contributed by atoms with Gasteiger partial charge in [-0.2, -0.15) is 0 Å². The van der Waals surface area contributed by atoms with E-state index in [-0.39, 0.29) is 17.3 Å². The minimum atomic E-state index is -3.47. The first-order valence-corrected chi connectivity index (χ1v) is 8.32. The molecule has 0 heterocycles. The monoisotopic (exact) mass is 386 g/mol. The molecule has 0 amide bonds. The minimum Gasteiger partial charge on any atom is -0.496 e. The molecule has 0 fully saturated rings. The average molecular weight is 388 g/mol. The van der Waals surface area contributed by atoms with Crippen LogP contribution in [0.3, 0.4) is 0 Å². The molecule has 5 nitrogen and oxygen atoms in total. The van der Waals surface area contributed by atoms with Gasteiger partial charge >= 0.3 is 0 Å². The predicted octanol–water partition coefficient (Wildman–Crippen LogP) is 2.16. The van der Waals surface area contributed by atoms with E-state index >= 15 is 0 Å². The van der Waals surface area contributed by atoms with E-state index in [0.717, 1.165) is 13.0 Å². The molecule has 0 saturated heterocycles. The third kappa shape index (κ3) is 5.97. The van der Waals surface area contributed by atoms with Gasteiger partial charge in [0.2, 0.25) is 10.0 Å². The molecule has 0 aliphatic rings. The van der Waals surface area contributed by atoms with Crippen LogP contribution in [0.5, 0.6) is 5.75 Å². The minimum absolute atomic E-state index is 0. The first-order valence-electron chi connectivity index (χ1n) is 6.05. The van der Waals surface area contributed by atoms with Crippen molar-refractivity contribution in [3.8, 4) is 5.75 Å². The van der Waals surface area contributed by atoms with E-state index in [1.807, 2.05) is 0 Å². The van der Waals surface area contributed by atoms with E-state index in [1.165, 1.54) is 19.2 Å². The van der Waals surface area contributed by atoms with Crippen molar-refractivity contribution in [2.45, 2.75) is 18.2 Å². The van der Waals surface area contributed by atoms with Gasteiger partial charge in [-0.25, -0.2) is 13.1 Å². The Hall–Kier alpha value is -0.340. The number of benzene rings is 1. The third-order valence-electron chi connectivity index (χ3n) is 2.45. The van der Waals surface area contributed by atoms with Gasteiger partial charge in [0.15, 0.2) is 0 Å². The number of nitrogens with one attached hydrogen (secondary N) is 2. The summed E-state index contributed by atoms with van der Waals surface area (Å²) in [7, 11) is -1.94. The summed E-state index contributed by atoms with van der Waals surface area (Å²) in [6.07, 6.45) is 1.03. The van der Waals surface area contributed by atoms with E-state index in [2.05, 4.69) is 32.9 Å². The fraction of sp³-hybridized carbons (Fsp3) is 0.500. The Kier molecular flexibility index (Phi) is 9.41. The zero-order valence-electron chi connectivity index (χ0n) is 11.5. The summed E-state index contributed by atoms with van der Waals surface area (Å²) in [5.41, 5.74) is 0. The molecule has 0 aromatic heterocycles. The van der Waals surface area contributed by atoms with Crippen LogP contribution >= 0.6 is 28.3 Å². The van der Waals surface area contributed by atoms with Crippen LogP contribution in [0.4, 0.5) is 0 Å². The van der Waals surface area contributed by atoms with Crippen molar-refractivity contribution in [1.82, 2.24) is 10.0 Å². The van der Waals surface area contributed by atoms with Gasteiger partial charge in [-0.05, 0) is 47.1 Å². The smallest absolute Gasteiger partial charge is 0.240 e. The van der Waals surface area contributed by atoms with Crippen molar-refractivity contribution in [3.63, 3.8) is 0 Å². The number of halogens is 2. The van der Waals surface area contributed by atoms with E-state index < -0.39 is 10.0 Å². The molecule has 1 aromatic rings. The molecule has 0 bridgehead atoms. The van der Waals surface area contributed by atoms with E-state index in [0.29, 0.717) is 23.3 Å². The largest absolute Gasteiger partial charge is 0.496 e. The number of ether oxygens (including phenoxy) is 1. The van der Waals surface area contributed by atoms with Crippen molar-refractivity contribution >= 4 is 38.4 Å². The maximum Gasteiger partial charge on any atom is 0.240 e. The van der Waals surface area contributed by atoms with Gasteiger partial charge in [0.1, 0.15) is 5.75 Å². The molecular weight excluding hydrogens is 368 g/mol. The topological polar surface area (TPSA) is 67.4 Å². The number of hydrogen-bond acceptors (Lipinski definition) is 4. The average Bonchev–Trinajstić information content (AvgIpc) is 2.38.